The van der Waals surface area contributed by atoms with Gasteiger partial charge in [-0.2, -0.15) is 0 Å². The summed E-state index contributed by atoms with van der Waals surface area (Å²) in [6.45, 7) is 2.58. The van der Waals surface area contributed by atoms with Crippen LogP contribution in [-0.2, 0) is 29.2 Å². The molecular weight excluding hydrogens is 500 g/mol. The van der Waals surface area contributed by atoms with Gasteiger partial charge in [0.1, 0.15) is 11.2 Å². The van der Waals surface area contributed by atoms with E-state index in [1.807, 2.05) is 61.5 Å². The molecule has 0 bridgehead atoms. The lowest BCUT2D eigenvalue weighted by atomic mass is 10.1. The predicted octanol–water partition coefficient (Wildman–Crippen LogP) is 4.07. The molecule has 0 aliphatic carbocycles. The Kier molecular flexibility index (Phi) is 8.91. The molecule has 1 N–H and O–H groups in total. The third kappa shape index (κ3) is 6.47. The average molecular weight is 533 g/mol. The van der Waals surface area contributed by atoms with Crippen LogP contribution in [0, 0.1) is 6.92 Å². The van der Waals surface area contributed by atoms with Crippen LogP contribution < -0.4 is 21.5 Å². The number of carbonyl (C=O) groups is 2. The molecule has 0 saturated heterocycles. The van der Waals surface area contributed by atoms with Crippen molar-refractivity contribution in [2.24, 2.45) is 0 Å². The molecule has 0 spiro atoms. The molecule has 4 aromatic rings. The molecule has 2 amide bonds. The first-order valence-corrected chi connectivity index (χ1v) is 13.6. The number of likely N-dealkylation sites (N-methyl/N-ethyl adjacent to an activating group) is 1. The number of fused-ring (bicyclic) bond motifs is 1. The zero-order valence-electron chi connectivity index (χ0n) is 21.7. The highest BCUT2D eigenvalue weighted by atomic mass is 32.1. The van der Waals surface area contributed by atoms with Gasteiger partial charge in [0.2, 0.25) is 11.8 Å². The minimum Gasteiger partial charge on any atom is -0.352 e. The topological polar surface area (TPSA) is 93.4 Å². The number of benzene rings is 2. The van der Waals surface area contributed by atoms with E-state index in [0.717, 1.165) is 11.3 Å². The van der Waals surface area contributed by atoms with E-state index in [1.54, 1.807) is 18.5 Å². The van der Waals surface area contributed by atoms with E-state index in [0.29, 0.717) is 42.4 Å². The van der Waals surface area contributed by atoms with E-state index in [4.69, 9.17) is 0 Å². The van der Waals surface area contributed by atoms with Crippen molar-refractivity contribution in [3.63, 3.8) is 0 Å². The molecule has 38 heavy (non-hydrogen) atoms. The van der Waals surface area contributed by atoms with E-state index in [-0.39, 0.29) is 30.5 Å². The third-order valence-corrected chi connectivity index (χ3v) is 7.43. The van der Waals surface area contributed by atoms with Crippen LogP contribution in [0.15, 0.2) is 75.6 Å². The maximum atomic E-state index is 13.3. The fraction of sp³-hybridized carbons (Fsp3) is 0.310. The molecule has 2 heterocycles. The number of amides is 2. The first-order chi connectivity index (χ1) is 18.3. The molecule has 0 fully saturated rings. The smallest absolute Gasteiger partial charge is 0.332 e. The van der Waals surface area contributed by atoms with E-state index in [1.165, 1.54) is 30.9 Å². The summed E-state index contributed by atoms with van der Waals surface area (Å²) in [6.07, 6.45) is 2.32. The Labute approximate surface area is 225 Å². The van der Waals surface area contributed by atoms with Gasteiger partial charge in [0, 0.05) is 32.2 Å². The standard InChI is InChI=1S/C29H32N4O4S/c1-21-12-14-22(15-13-21)19-30-25(34)11-7-4-8-17-32-28(36)27-24(16-18-38-27)33(29(32)37)20-26(35)31(2)23-9-5-3-6-10-23/h3,5-6,9-10,12-16,18H,4,7-8,11,17,19-20H2,1-2H3,(H,30,34). The SMILES string of the molecule is Cc1ccc(CNC(=O)CCCCCn2c(=O)c3sccc3n(CC(=O)N(C)c3ccccc3)c2=O)cc1. The Hall–Kier alpha value is -3.98. The van der Waals surface area contributed by atoms with Crippen molar-refractivity contribution in [1.29, 1.82) is 0 Å². The number of thiophene rings is 1. The predicted molar refractivity (Wildman–Crippen MR) is 152 cm³/mol. The van der Waals surface area contributed by atoms with Gasteiger partial charge in [-0.1, -0.05) is 54.4 Å². The quantitative estimate of drug-likeness (QED) is 0.295. The molecule has 4 rings (SSSR count). The molecule has 9 heteroatoms. The molecule has 8 nitrogen and oxygen atoms in total. The van der Waals surface area contributed by atoms with Gasteiger partial charge in [-0.25, -0.2) is 4.79 Å². The second-order valence-electron chi connectivity index (χ2n) is 9.32. The molecule has 2 aromatic heterocycles. The van der Waals surface area contributed by atoms with Crippen LogP contribution in [0.25, 0.3) is 10.2 Å². The maximum absolute atomic E-state index is 13.3. The summed E-state index contributed by atoms with van der Waals surface area (Å²) in [6, 6.07) is 18.9. The number of hydrogen-bond acceptors (Lipinski definition) is 5. The Balaban J connectivity index is 1.35. The number of nitrogens with one attached hydrogen (secondary N) is 1. The van der Waals surface area contributed by atoms with Crippen molar-refractivity contribution in [1.82, 2.24) is 14.5 Å². The molecular formula is C29H32N4O4S. The van der Waals surface area contributed by atoms with E-state index in [2.05, 4.69) is 5.32 Å². The van der Waals surface area contributed by atoms with Crippen molar-refractivity contribution < 1.29 is 9.59 Å². The number of unbranched alkanes of at least 4 members (excludes halogenated alkanes) is 2. The van der Waals surface area contributed by atoms with Gasteiger partial charge in [0.05, 0.1) is 5.52 Å². The zero-order chi connectivity index (χ0) is 27.1. The molecule has 0 saturated carbocycles. The van der Waals surface area contributed by atoms with Crippen molar-refractivity contribution in [2.75, 3.05) is 11.9 Å². The van der Waals surface area contributed by atoms with E-state index >= 15 is 0 Å². The monoisotopic (exact) mass is 532 g/mol. The van der Waals surface area contributed by atoms with E-state index < -0.39 is 5.69 Å². The number of anilines is 1. The van der Waals surface area contributed by atoms with Crippen LogP contribution >= 0.6 is 11.3 Å². The number of para-hydroxylation sites is 1. The van der Waals surface area contributed by atoms with Gasteiger partial charge < -0.3 is 10.2 Å². The number of aromatic nitrogens is 2. The van der Waals surface area contributed by atoms with Crippen molar-refractivity contribution in [3.8, 4) is 0 Å². The van der Waals surface area contributed by atoms with Gasteiger partial charge in [0.25, 0.3) is 5.56 Å². The normalized spacial score (nSPS) is 11.0. The highest BCUT2D eigenvalue weighted by molar-refractivity contribution is 7.17. The van der Waals surface area contributed by atoms with Crippen LogP contribution in [0.5, 0.6) is 0 Å². The highest BCUT2D eigenvalue weighted by Crippen LogP contribution is 2.17. The Morgan fingerprint density at radius 2 is 1.66 bits per heavy atom. The highest BCUT2D eigenvalue weighted by Gasteiger charge is 2.18. The first kappa shape index (κ1) is 27.1. The molecule has 0 unspecified atom stereocenters. The van der Waals surface area contributed by atoms with Gasteiger partial charge in [0.15, 0.2) is 0 Å². The van der Waals surface area contributed by atoms with Gasteiger partial charge in [-0.3, -0.25) is 23.5 Å². The molecule has 198 valence electrons. The molecule has 2 aromatic carbocycles. The molecule has 0 aliphatic rings. The largest absolute Gasteiger partial charge is 0.352 e. The Bertz CT molecular complexity index is 1520. The summed E-state index contributed by atoms with van der Waals surface area (Å²) < 4.78 is 3.05. The lowest BCUT2D eigenvalue weighted by molar-refractivity contribution is -0.121. The second kappa shape index (κ2) is 12.5. The lowest BCUT2D eigenvalue weighted by Gasteiger charge is -2.19. The third-order valence-electron chi connectivity index (χ3n) is 6.54. The number of rotatable bonds is 11. The van der Waals surface area contributed by atoms with Crippen molar-refractivity contribution in [2.45, 2.75) is 52.2 Å². The van der Waals surface area contributed by atoms with Crippen LogP contribution in [0.4, 0.5) is 5.69 Å². The fourth-order valence-electron chi connectivity index (χ4n) is 4.25. The lowest BCUT2D eigenvalue weighted by Crippen LogP contribution is -2.42. The number of hydrogen-bond donors (Lipinski definition) is 1. The van der Waals surface area contributed by atoms with E-state index in [9.17, 15) is 19.2 Å². The second-order valence-corrected chi connectivity index (χ2v) is 10.2. The zero-order valence-corrected chi connectivity index (χ0v) is 22.5. The Morgan fingerprint density at radius 1 is 0.921 bits per heavy atom. The number of nitrogens with zero attached hydrogens (tertiary/aromatic N) is 3. The number of carbonyl (C=O) groups excluding carboxylic acids is 2. The minimum atomic E-state index is -0.494. The van der Waals surface area contributed by atoms with Gasteiger partial charge >= 0.3 is 5.69 Å². The average Bonchev–Trinajstić information content (AvgIpc) is 3.42. The van der Waals surface area contributed by atoms with Gasteiger partial charge in [-0.15, -0.1) is 11.3 Å². The molecule has 0 atom stereocenters. The van der Waals surface area contributed by atoms with Crippen LogP contribution in [0.1, 0.15) is 36.8 Å². The van der Waals surface area contributed by atoms with Gasteiger partial charge in [-0.05, 0) is 48.9 Å². The number of aryl methyl sites for hydroxylation is 1. The molecule has 0 aliphatic heterocycles. The summed E-state index contributed by atoms with van der Waals surface area (Å²) >= 11 is 1.26. The molecule has 0 radical (unpaired) electrons. The summed E-state index contributed by atoms with van der Waals surface area (Å²) in [5.74, 6) is -0.279. The summed E-state index contributed by atoms with van der Waals surface area (Å²) in [7, 11) is 1.67. The summed E-state index contributed by atoms with van der Waals surface area (Å²) in [4.78, 5) is 53.0. The fourth-order valence-corrected chi connectivity index (χ4v) is 5.09. The van der Waals surface area contributed by atoms with Crippen LogP contribution in [0.2, 0.25) is 0 Å². The minimum absolute atomic E-state index is 0.0221. The van der Waals surface area contributed by atoms with Crippen LogP contribution in [0.3, 0.4) is 0 Å². The van der Waals surface area contributed by atoms with Crippen LogP contribution in [-0.4, -0.2) is 28.0 Å². The summed E-state index contributed by atoms with van der Waals surface area (Å²) in [5, 5.41) is 4.68. The first-order valence-electron chi connectivity index (χ1n) is 12.7. The van der Waals surface area contributed by atoms with Crippen molar-refractivity contribution in [3.05, 3.63) is 98.0 Å². The maximum Gasteiger partial charge on any atom is 0.332 e. The Morgan fingerprint density at radius 3 is 2.39 bits per heavy atom. The van der Waals surface area contributed by atoms with Crippen molar-refractivity contribution >= 4 is 39.1 Å². The summed E-state index contributed by atoms with van der Waals surface area (Å²) in [5.41, 5.74) is 2.60.